The molecule has 4 aliphatic rings. The SMILES string of the molecule is CC1=CN2N=C([C@@H]3CCCCN3C(=O)c3cccc4ccncc34)CC2N=C1N1CC[C@H](N)C1. The van der Waals surface area contributed by atoms with Crippen LogP contribution in [0.4, 0.5) is 0 Å². The summed E-state index contributed by atoms with van der Waals surface area (Å²) in [5.41, 5.74) is 9.04. The van der Waals surface area contributed by atoms with Gasteiger partial charge in [-0.1, -0.05) is 12.1 Å². The molecule has 0 bridgehead atoms. The zero-order valence-corrected chi connectivity index (χ0v) is 19.6. The smallest absolute Gasteiger partial charge is 0.255 e. The van der Waals surface area contributed by atoms with Crippen molar-refractivity contribution in [2.24, 2.45) is 15.8 Å². The van der Waals surface area contributed by atoms with Gasteiger partial charge in [0.15, 0.2) is 0 Å². The lowest BCUT2D eigenvalue weighted by molar-refractivity contribution is 0.0681. The number of fused-ring (bicyclic) bond motifs is 2. The average molecular weight is 458 g/mol. The first-order valence-electron chi connectivity index (χ1n) is 12.3. The minimum absolute atomic E-state index is 0.00587. The molecular formula is C26H31N7O. The Morgan fingerprint density at radius 3 is 2.91 bits per heavy atom. The summed E-state index contributed by atoms with van der Waals surface area (Å²) in [6.07, 6.45) is 10.4. The van der Waals surface area contributed by atoms with Crippen molar-refractivity contribution in [1.82, 2.24) is 19.8 Å². The number of benzene rings is 1. The number of carbonyl (C=O) groups excluding carboxylic acids is 1. The van der Waals surface area contributed by atoms with Crippen LogP contribution in [-0.2, 0) is 0 Å². The van der Waals surface area contributed by atoms with Crippen molar-refractivity contribution in [3.8, 4) is 0 Å². The van der Waals surface area contributed by atoms with Crippen molar-refractivity contribution in [1.29, 1.82) is 0 Å². The minimum atomic E-state index is -0.0360. The summed E-state index contributed by atoms with van der Waals surface area (Å²) in [7, 11) is 0. The number of likely N-dealkylation sites (tertiary alicyclic amines) is 2. The molecular weight excluding hydrogens is 426 g/mol. The summed E-state index contributed by atoms with van der Waals surface area (Å²) in [6, 6.07) is 8.08. The topological polar surface area (TPSA) is 90.4 Å². The van der Waals surface area contributed by atoms with Crippen molar-refractivity contribution in [3.05, 3.63) is 54.0 Å². The first-order chi connectivity index (χ1) is 16.6. The summed E-state index contributed by atoms with van der Waals surface area (Å²) < 4.78 is 0. The van der Waals surface area contributed by atoms with Crippen LogP contribution in [0.1, 0.15) is 49.4 Å². The third-order valence-electron chi connectivity index (χ3n) is 7.48. The van der Waals surface area contributed by atoms with Crippen molar-refractivity contribution < 1.29 is 4.79 Å². The minimum Gasteiger partial charge on any atom is -0.355 e. The molecule has 1 amide bonds. The molecule has 6 rings (SSSR count). The first kappa shape index (κ1) is 21.3. The zero-order valence-electron chi connectivity index (χ0n) is 19.6. The molecule has 1 aromatic heterocycles. The molecule has 2 saturated heterocycles. The van der Waals surface area contributed by atoms with E-state index in [9.17, 15) is 4.79 Å². The van der Waals surface area contributed by atoms with Gasteiger partial charge in [0.05, 0.1) is 11.8 Å². The van der Waals surface area contributed by atoms with Gasteiger partial charge in [-0.15, -0.1) is 0 Å². The van der Waals surface area contributed by atoms with Gasteiger partial charge in [-0.05, 0) is 50.1 Å². The lowest BCUT2D eigenvalue weighted by Gasteiger charge is -2.36. The second-order valence-electron chi connectivity index (χ2n) is 9.83. The van der Waals surface area contributed by atoms with E-state index >= 15 is 0 Å². The number of hydrazone groups is 1. The van der Waals surface area contributed by atoms with Crippen molar-refractivity contribution in [2.75, 3.05) is 19.6 Å². The standard InChI is InChI=1S/C26H31N7O/c1-17-15-33-24(29-25(17)31-12-9-19(27)16-31)13-22(30-33)23-7-2-3-11-32(23)26(34)20-6-4-5-18-8-10-28-14-21(18)20/h4-6,8,10,14-15,19,23-24H,2-3,7,9,11-13,16,27H2,1H3/t19-,23-,24?/m0/s1. The average Bonchev–Trinajstić information content (AvgIpc) is 3.48. The largest absolute Gasteiger partial charge is 0.355 e. The Labute approximate surface area is 199 Å². The third kappa shape index (κ3) is 3.66. The van der Waals surface area contributed by atoms with Gasteiger partial charge in [-0.2, -0.15) is 5.10 Å². The molecule has 8 heteroatoms. The number of aliphatic imine (C=N–C) groups is 1. The summed E-state index contributed by atoms with van der Waals surface area (Å²) in [6.45, 7) is 4.65. The van der Waals surface area contributed by atoms with Gasteiger partial charge in [0, 0.05) is 67.2 Å². The maximum Gasteiger partial charge on any atom is 0.255 e. The van der Waals surface area contributed by atoms with E-state index in [-0.39, 0.29) is 24.2 Å². The van der Waals surface area contributed by atoms with Gasteiger partial charge in [-0.25, -0.2) is 10.0 Å². The Morgan fingerprint density at radius 2 is 2.06 bits per heavy atom. The molecule has 0 saturated carbocycles. The van der Waals surface area contributed by atoms with E-state index in [1.807, 2.05) is 34.2 Å². The van der Waals surface area contributed by atoms with Crippen LogP contribution in [-0.4, -0.2) is 75.1 Å². The van der Waals surface area contributed by atoms with Crippen molar-refractivity contribution >= 4 is 28.2 Å². The number of amides is 1. The Morgan fingerprint density at radius 1 is 1.15 bits per heavy atom. The Kier molecular flexibility index (Phi) is 5.32. The molecule has 0 radical (unpaired) electrons. The van der Waals surface area contributed by atoms with Gasteiger partial charge in [-0.3, -0.25) is 9.78 Å². The molecule has 0 spiro atoms. The van der Waals surface area contributed by atoms with Crippen LogP contribution >= 0.6 is 0 Å². The van der Waals surface area contributed by atoms with Crippen LogP contribution in [0.2, 0.25) is 0 Å². The molecule has 8 nitrogen and oxygen atoms in total. The molecule has 1 aromatic carbocycles. The maximum absolute atomic E-state index is 13.8. The highest BCUT2D eigenvalue weighted by molar-refractivity contribution is 6.08. The summed E-state index contributed by atoms with van der Waals surface area (Å²) in [5, 5.41) is 8.90. The molecule has 1 unspecified atom stereocenters. The second-order valence-corrected chi connectivity index (χ2v) is 9.83. The number of nitrogens with zero attached hydrogens (tertiary/aromatic N) is 6. The summed E-state index contributed by atoms with van der Waals surface area (Å²) in [4.78, 5) is 27.4. The van der Waals surface area contributed by atoms with E-state index in [0.717, 1.165) is 85.2 Å². The van der Waals surface area contributed by atoms with E-state index in [2.05, 4.69) is 23.0 Å². The van der Waals surface area contributed by atoms with Gasteiger partial charge in [0.25, 0.3) is 5.91 Å². The van der Waals surface area contributed by atoms with E-state index < -0.39 is 0 Å². The molecule has 34 heavy (non-hydrogen) atoms. The zero-order chi connectivity index (χ0) is 23.2. The van der Waals surface area contributed by atoms with Gasteiger partial charge in [0.1, 0.15) is 12.0 Å². The highest BCUT2D eigenvalue weighted by atomic mass is 16.2. The van der Waals surface area contributed by atoms with Crippen LogP contribution in [0.25, 0.3) is 10.8 Å². The van der Waals surface area contributed by atoms with E-state index in [1.165, 1.54) is 0 Å². The predicted molar refractivity (Wildman–Crippen MR) is 133 cm³/mol. The van der Waals surface area contributed by atoms with E-state index in [1.54, 1.807) is 12.4 Å². The Bertz CT molecular complexity index is 1210. The second kappa shape index (κ2) is 8.51. The van der Waals surface area contributed by atoms with Crippen LogP contribution in [0.15, 0.2) is 58.5 Å². The predicted octanol–water partition coefficient (Wildman–Crippen LogP) is 2.97. The van der Waals surface area contributed by atoms with Crippen molar-refractivity contribution in [2.45, 2.75) is 57.3 Å². The fraction of sp³-hybridized carbons (Fsp3) is 0.462. The number of piperidine rings is 1. The number of hydrogen-bond acceptors (Lipinski definition) is 7. The highest BCUT2D eigenvalue weighted by Crippen LogP contribution is 2.31. The number of carbonyl (C=O) groups is 1. The number of aromatic nitrogens is 1. The molecule has 5 heterocycles. The van der Waals surface area contributed by atoms with Gasteiger partial charge >= 0.3 is 0 Å². The monoisotopic (exact) mass is 457 g/mol. The number of rotatable bonds is 2. The van der Waals surface area contributed by atoms with E-state index in [4.69, 9.17) is 15.8 Å². The maximum atomic E-state index is 13.8. The van der Waals surface area contributed by atoms with E-state index in [0.29, 0.717) is 0 Å². The number of nitrogens with two attached hydrogens (primary N) is 1. The fourth-order valence-corrected chi connectivity index (χ4v) is 5.74. The molecule has 2 N–H and O–H groups in total. The van der Waals surface area contributed by atoms with Crippen LogP contribution in [0, 0.1) is 0 Å². The number of hydrogen-bond donors (Lipinski definition) is 1. The fourth-order valence-electron chi connectivity index (χ4n) is 5.74. The van der Waals surface area contributed by atoms with Crippen molar-refractivity contribution in [3.63, 3.8) is 0 Å². The van der Waals surface area contributed by atoms with Crippen LogP contribution in [0.3, 0.4) is 0 Å². The lowest BCUT2D eigenvalue weighted by atomic mass is 9.94. The summed E-state index contributed by atoms with van der Waals surface area (Å²) in [5.74, 6) is 1.11. The Balaban J connectivity index is 1.26. The molecule has 3 atom stereocenters. The molecule has 176 valence electrons. The van der Waals surface area contributed by atoms with Crippen LogP contribution < -0.4 is 5.73 Å². The first-order valence-corrected chi connectivity index (χ1v) is 12.3. The molecule has 0 aliphatic carbocycles. The number of pyridine rings is 1. The molecule has 4 aliphatic heterocycles. The number of amidine groups is 1. The quantitative estimate of drug-likeness (QED) is 0.749. The lowest BCUT2D eigenvalue weighted by Crippen LogP contribution is -2.48. The highest BCUT2D eigenvalue weighted by Gasteiger charge is 2.39. The Hall–Kier alpha value is -3.26. The van der Waals surface area contributed by atoms with Gasteiger partial charge < -0.3 is 15.5 Å². The van der Waals surface area contributed by atoms with Crippen LogP contribution in [0.5, 0.6) is 0 Å². The van der Waals surface area contributed by atoms with Gasteiger partial charge in [0.2, 0.25) is 0 Å². The summed E-state index contributed by atoms with van der Waals surface area (Å²) >= 11 is 0. The third-order valence-corrected chi connectivity index (χ3v) is 7.48. The molecule has 2 aromatic rings. The molecule has 2 fully saturated rings. The normalized spacial score (nSPS) is 26.9.